The standard InChI is InChI=1S/C25H24N2O5/c1-29-20-11-16(12-21(30-2)24(20)31-3)22-17(13-26)25(27)32-19-10-15(9-18(28)23(19)22)14-7-5-4-6-8-14/h4-8,11-12,15,22H,9-10,27H2,1-3H3/t15-,22-/m0/s1. The highest BCUT2D eigenvalue weighted by atomic mass is 16.5. The highest BCUT2D eigenvalue weighted by Crippen LogP contribution is 2.49. The zero-order chi connectivity index (χ0) is 22.8. The minimum atomic E-state index is -0.679. The van der Waals surface area contributed by atoms with Crippen molar-refractivity contribution < 1.29 is 23.7 Å². The van der Waals surface area contributed by atoms with Gasteiger partial charge in [0.25, 0.3) is 0 Å². The van der Waals surface area contributed by atoms with Gasteiger partial charge in [-0.3, -0.25) is 4.79 Å². The number of nitrogens with two attached hydrogens (primary N) is 1. The van der Waals surface area contributed by atoms with Crippen molar-refractivity contribution in [3.05, 3.63) is 76.4 Å². The molecule has 0 spiro atoms. The zero-order valence-corrected chi connectivity index (χ0v) is 18.2. The van der Waals surface area contributed by atoms with E-state index in [9.17, 15) is 10.1 Å². The fraction of sp³-hybridized carbons (Fsp3) is 0.280. The Bertz CT molecular complexity index is 1140. The molecule has 1 aliphatic heterocycles. The summed E-state index contributed by atoms with van der Waals surface area (Å²) < 4.78 is 22.2. The number of carbonyl (C=O) groups excluding carboxylic acids is 1. The lowest BCUT2D eigenvalue weighted by atomic mass is 9.73. The van der Waals surface area contributed by atoms with Crippen LogP contribution in [0.25, 0.3) is 0 Å². The van der Waals surface area contributed by atoms with E-state index in [1.807, 2.05) is 30.3 Å². The van der Waals surface area contributed by atoms with Gasteiger partial charge >= 0.3 is 0 Å². The average molecular weight is 432 g/mol. The Labute approximate surface area is 186 Å². The van der Waals surface area contributed by atoms with Crippen LogP contribution in [-0.2, 0) is 9.53 Å². The second-order valence-corrected chi connectivity index (χ2v) is 7.66. The van der Waals surface area contributed by atoms with Crippen LogP contribution in [0.2, 0.25) is 0 Å². The van der Waals surface area contributed by atoms with E-state index >= 15 is 0 Å². The van der Waals surface area contributed by atoms with Crippen LogP contribution in [0.5, 0.6) is 17.2 Å². The summed E-state index contributed by atoms with van der Waals surface area (Å²) in [7, 11) is 4.55. The summed E-state index contributed by atoms with van der Waals surface area (Å²) in [4.78, 5) is 13.4. The van der Waals surface area contributed by atoms with Crippen LogP contribution in [0.4, 0.5) is 0 Å². The van der Waals surface area contributed by atoms with E-state index in [-0.39, 0.29) is 23.2 Å². The van der Waals surface area contributed by atoms with Gasteiger partial charge in [-0.1, -0.05) is 30.3 Å². The molecule has 7 heteroatoms. The van der Waals surface area contributed by atoms with E-state index in [1.165, 1.54) is 21.3 Å². The predicted octanol–water partition coefficient (Wildman–Crippen LogP) is 3.92. The van der Waals surface area contributed by atoms with Crippen molar-refractivity contribution in [3.8, 4) is 23.3 Å². The first-order chi connectivity index (χ1) is 15.5. The normalized spacial score (nSPS) is 20.2. The largest absolute Gasteiger partial charge is 0.493 e. The van der Waals surface area contributed by atoms with E-state index in [4.69, 9.17) is 24.7 Å². The molecule has 7 nitrogen and oxygen atoms in total. The third kappa shape index (κ3) is 3.54. The minimum Gasteiger partial charge on any atom is -0.493 e. The first-order valence-electron chi connectivity index (χ1n) is 10.2. The molecule has 164 valence electrons. The summed E-state index contributed by atoms with van der Waals surface area (Å²) in [5, 5.41) is 9.86. The molecule has 0 fully saturated rings. The van der Waals surface area contributed by atoms with Gasteiger partial charge < -0.3 is 24.7 Å². The van der Waals surface area contributed by atoms with E-state index in [2.05, 4.69) is 6.07 Å². The second-order valence-electron chi connectivity index (χ2n) is 7.66. The summed E-state index contributed by atoms with van der Waals surface area (Å²) in [6.07, 6.45) is 0.844. The van der Waals surface area contributed by atoms with Crippen LogP contribution in [0.1, 0.15) is 35.8 Å². The van der Waals surface area contributed by atoms with Gasteiger partial charge in [0.1, 0.15) is 17.4 Å². The Balaban J connectivity index is 1.85. The maximum Gasteiger partial charge on any atom is 0.205 e. The van der Waals surface area contributed by atoms with Gasteiger partial charge in [-0.2, -0.15) is 5.26 Å². The van der Waals surface area contributed by atoms with Crippen molar-refractivity contribution in [2.24, 2.45) is 5.73 Å². The number of Topliss-reactive ketones (excluding diaryl/α,β-unsaturated/α-hetero) is 1. The van der Waals surface area contributed by atoms with Crippen molar-refractivity contribution in [2.45, 2.75) is 24.7 Å². The van der Waals surface area contributed by atoms with Crippen LogP contribution in [0, 0.1) is 11.3 Å². The quantitative estimate of drug-likeness (QED) is 0.764. The minimum absolute atomic E-state index is 0.00603. The topological polar surface area (TPSA) is 104 Å². The van der Waals surface area contributed by atoms with Crippen LogP contribution < -0.4 is 19.9 Å². The number of ketones is 1. The van der Waals surface area contributed by atoms with Crippen molar-refractivity contribution in [3.63, 3.8) is 0 Å². The molecule has 1 aliphatic carbocycles. The van der Waals surface area contributed by atoms with Gasteiger partial charge in [-0.05, 0) is 29.2 Å². The number of allylic oxidation sites excluding steroid dienone is 3. The number of hydrogen-bond donors (Lipinski definition) is 1. The maximum atomic E-state index is 13.4. The third-order valence-electron chi connectivity index (χ3n) is 5.95. The van der Waals surface area contributed by atoms with Gasteiger partial charge in [0.05, 0.1) is 27.2 Å². The summed E-state index contributed by atoms with van der Waals surface area (Å²) in [6, 6.07) is 15.5. The third-order valence-corrected chi connectivity index (χ3v) is 5.95. The lowest BCUT2D eigenvalue weighted by Crippen LogP contribution is -2.30. The Hall–Kier alpha value is -3.92. The lowest BCUT2D eigenvalue weighted by molar-refractivity contribution is -0.117. The number of benzene rings is 2. The first kappa shape index (κ1) is 21.3. The molecule has 2 aromatic carbocycles. The fourth-order valence-electron chi connectivity index (χ4n) is 4.47. The second kappa shape index (κ2) is 8.67. The number of rotatable bonds is 5. The van der Waals surface area contributed by atoms with E-state index in [1.54, 1.807) is 12.1 Å². The lowest BCUT2D eigenvalue weighted by Gasteiger charge is -2.34. The molecule has 0 amide bonds. The Kier molecular flexibility index (Phi) is 5.78. The molecule has 4 rings (SSSR count). The molecule has 0 radical (unpaired) electrons. The summed E-state index contributed by atoms with van der Waals surface area (Å²) in [6.45, 7) is 0. The first-order valence-corrected chi connectivity index (χ1v) is 10.2. The van der Waals surface area contributed by atoms with Gasteiger partial charge in [0, 0.05) is 18.4 Å². The summed E-state index contributed by atoms with van der Waals surface area (Å²) in [5.74, 6) is 1.03. The highest BCUT2D eigenvalue weighted by molar-refractivity contribution is 6.00. The van der Waals surface area contributed by atoms with Crippen molar-refractivity contribution in [1.82, 2.24) is 0 Å². The number of nitriles is 1. The SMILES string of the molecule is COc1cc([C@H]2C(C#N)=C(N)OC3=C2C(=O)C[C@H](c2ccccc2)C3)cc(OC)c1OC. The van der Waals surface area contributed by atoms with Gasteiger partial charge in [0.15, 0.2) is 17.3 Å². The smallest absolute Gasteiger partial charge is 0.205 e. The molecular weight excluding hydrogens is 408 g/mol. The van der Waals surface area contributed by atoms with Crippen LogP contribution in [0.3, 0.4) is 0 Å². The molecule has 0 bridgehead atoms. The van der Waals surface area contributed by atoms with Gasteiger partial charge in [-0.15, -0.1) is 0 Å². The van der Waals surface area contributed by atoms with E-state index in [0.29, 0.717) is 47.0 Å². The molecular formula is C25H24N2O5. The predicted molar refractivity (Wildman–Crippen MR) is 117 cm³/mol. The maximum absolute atomic E-state index is 13.4. The Morgan fingerprint density at radius 2 is 1.66 bits per heavy atom. The number of hydrogen-bond acceptors (Lipinski definition) is 7. The molecule has 2 atom stereocenters. The van der Waals surface area contributed by atoms with E-state index < -0.39 is 5.92 Å². The number of methoxy groups -OCH3 is 3. The Morgan fingerprint density at radius 3 is 2.22 bits per heavy atom. The molecule has 32 heavy (non-hydrogen) atoms. The van der Waals surface area contributed by atoms with E-state index in [0.717, 1.165) is 5.56 Å². The molecule has 0 aromatic heterocycles. The number of carbonyl (C=O) groups is 1. The van der Waals surface area contributed by atoms with Crippen LogP contribution >= 0.6 is 0 Å². The molecule has 2 aromatic rings. The van der Waals surface area contributed by atoms with Crippen molar-refractivity contribution >= 4 is 5.78 Å². The fourth-order valence-corrected chi connectivity index (χ4v) is 4.47. The molecule has 2 aliphatic rings. The molecule has 0 saturated carbocycles. The average Bonchev–Trinajstić information content (AvgIpc) is 2.82. The van der Waals surface area contributed by atoms with Crippen molar-refractivity contribution in [2.75, 3.05) is 21.3 Å². The zero-order valence-electron chi connectivity index (χ0n) is 18.2. The summed E-state index contributed by atoms with van der Waals surface area (Å²) in [5.41, 5.74) is 8.50. The Morgan fingerprint density at radius 1 is 1.00 bits per heavy atom. The molecule has 0 unspecified atom stereocenters. The number of ether oxygens (including phenoxy) is 4. The highest BCUT2D eigenvalue weighted by Gasteiger charge is 2.41. The van der Waals surface area contributed by atoms with Crippen LogP contribution in [0.15, 0.2) is 65.3 Å². The van der Waals surface area contributed by atoms with Crippen molar-refractivity contribution in [1.29, 1.82) is 5.26 Å². The molecule has 0 saturated heterocycles. The van der Waals surface area contributed by atoms with Gasteiger partial charge in [-0.25, -0.2) is 0 Å². The molecule has 2 N–H and O–H groups in total. The monoisotopic (exact) mass is 432 g/mol. The summed E-state index contributed by atoms with van der Waals surface area (Å²) >= 11 is 0. The molecule has 1 heterocycles. The number of nitrogens with zero attached hydrogens (tertiary/aromatic N) is 1. The van der Waals surface area contributed by atoms with Gasteiger partial charge in [0.2, 0.25) is 11.6 Å². The van der Waals surface area contributed by atoms with Crippen LogP contribution in [-0.4, -0.2) is 27.1 Å².